The molecular weight excluding hydrogens is 258 g/mol. The third-order valence-electron chi connectivity index (χ3n) is 3.45. The van der Waals surface area contributed by atoms with Crippen LogP contribution in [0.5, 0.6) is 5.75 Å². The number of methoxy groups -OCH3 is 1. The summed E-state index contributed by atoms with van der Waals surface area (Å²) in [5.74, 6) is -1.89. The van der Waals surface area contributed by atoms with Gasteiger partial charge in [0.2, 0.25) is 5.91 Å². The largest absolute Gasteiger partial charge is 0.495 e. The molecule has 1 amide bonds. The molecule has 1 aromatic rings. The number of aliphatic carboxylic acids is 1. The van der Waals surface area contributed by atoms with Gasteiger partial charge in [0.15, 0.2) is 0 Å². The minimum atomic E-state index is -0.936. The first-order valence-corrected chi connectivity index (χ1v) is 6.45. The summed E-state index contributed by atoms with van der Waals surface area (Å²) in [5.41, 5.74) is 0.554. The molecule has 1 aliphatic rings. The second kappa shape index (κ2) is 6.23. The number of carboxylic acid groups (broad SMARTS) is 1. The molecule has 5 heteroatoms. The van der Waals surface area contributed by atoms with E-state index in [1.54, 1.807) is 24.3 Å². The van der Waals surface area contributed by atoms with Crippen LogP contribution in [0.3, 0.4) is 0 Å². The SMILES string of the molecule is COc1ccccc1NC(=O)[C@@H]1CC=CC[C@@H]1C(=O)O. The maximum Gasteiger partial charge on any atom is 0.307 e. The highest BCUT2D eigenvalue weighted by atomic mass is 16.5. The van der Waals surface area contributed by atoms with Crippen LogP contribution in [0.4, 0.5) is 5.69 Å². The predicted molar refractivity (Wildman–Crippen MR) is 74.6 cm³/mol. The summed E-state index contributed by atoms with van der Waals surface area (Å²) in [5, 5.41) is 11.9. The lowest BCUT2D eigenvalue weighted by atomic mass is 9.82. The van der Waals surface area contributed by atoms with Gasteiger partial charge in [-0.1, -0.05) is 24.3 Å². The van der Waals surface area contributed by atoms with E-state index in [0.717, 1.165) is 0 Å². The highest BCUT2D eigenvalue weighted by molar-refractivity contribution is 5.96. The van der Waals surface area contributed by atoms with Crippen LogP contribution in [0.25, 0.3) is 0 Å². The highest BCUT2D eigenvalue weighted by Crippen LogP contribution is 2.29. The Balaban J connectivity index is 2.14. The number of ether oxygens (including phenoxy) is 1. The normalized spacial score (nSPS) is 21.2. The number of carbonyl (C=O) groups excluding carboxylic acids is 1. The molecule has 0 saturated carbocycles. The number of anilines is 1. The first-order chi connectivity index (χ1) is 9.63. The van der Waals surface area contributed by atoms with Crippen molar-refractivity contribution >= 4 is 17.6 Å². The standard InChI is InChI=1S/C15H17NO4/c1-20-13-9-5-4-8-12(13)16-14(17)10-6-2-3-7-11(10)15(18)19/h2-5,8-11H,6-7H2,1H3,(H,16,17)(H,18,19)/t10-,11+/m1/s1. The van der Waals surface area contributed by atoms with Crippen molar-refractivity contribution in [2.45, 2.75) is 12.8 Å². The van der Waals surface area contributed by atoms with E-state index >= 15 is 0 Å². The molecule has 0 fully saturated rings. The lowest BCUT2D eigenvalue weighted by Gasteiger charge is -2.24. The quantitative estimate of drug-likeness (QED) is 0.827. The number of amides is 1. The Morgan fingerprint density at radius 2 is 1.85 bits per heavy atom. The van der Waals surface area contributed by atoms with Gasteiger partial charge >= 0.3 is 5.97 Å². The molecule has 2 rings (SSSR count). The summed E-state index contributed by atoms with van der Waals surface area (Å²) in [6, 6.07) is 7.06. The van der Waals surface area contributed by atoms with Gasteiger partial charge in [0.25, 0.3) is 0 Å². The third kappa shape index (κ3) is 2.99. The Hall–Kier alpha value is -2.30. The van der Waals surface area contributed by atoms with Crippen molar-refractivity contribution in [3.63, 3.8) is 0 Å². The zero-order chi connectivity index (χ0) is 14.5. The molecule has 0 saturated heterocycles. The lowest BCUT2D eigenvalue weighted by molar-refractivity contribution is -0.146. The molecule has 0 radical (unpaired) electrons. The van der Waals surface area contributed by atoms with Crippen LogP contribution in [0.2, 0.25) is 0 Å². The molecule has 2 atom stereocenters. The van der Waals surface area contributed by atoms with Gasteiger partial charge in [-0.25, -0.2) is 0 Å². The number of para-hydroxylation sites is 2. The van der Waals surface area contributed by atoms with Crippen LogP contribution in [-0.2, 0) is 9.59 Å². The number of hydrogen-bond acceptors (Lipinski definition) is 3. The molecule has 20 heavy (non-hydrogen) atoms. The molecule has 0 unspecified atom stereocenters. The maximum absolute atomic E-state index is 12.3. The van der Waals surface area contributed by atoms with Crippen LogP contribution in [0.15, 0.2) is 36.4 Å². The smallest absolute Gasteiger partial charge is 0.307 e. The van der Waals surface area contributed by atoms with E-state index < -0.39 is 17.8 Å². The lowest BCUT2D eigenvalue weighted by Crippen LogP contribution is -2.34. The molecule has 0 aromatic heterocycles. The van der Waals surface area contributed by atoms with Crippen molar-refractivity contribution in [3.05, 3.63) is 36.4 Å². The number of rotatable bonds is 4. The first-order valence-electron chi connectivity index (χ1n) is 6.45. The summed E-state index contributed by atoms with van der Waals surface area (Å²) in [7, 11) is 1.52. The van der Waals surface area contributed by atoms with E-state index in [2.05, 4.69) is 5.32 Å². The summed E-state index contributed by atoms with van der Waals surface area (Å²) >= 11 is 0. The molecule has 1 aromatic carbocycles. The van der Waals surface area contributed by atoms with E-state index in [9.17, 15) is 14.7 Å². The van der Waals surface area contributed by atoms with Gasteiger partial charge < -0.3 is 15.2 Å². The fourth-order valence-electron chi connectivity index (χ4n) is 2.35. The molecule has 2 N–H and O–H groups in total. The second-order valence-electron chi connectivity index (χ2n) is 4.68. The number of benzene rings is 1. The maximum atomic E-state index is 12.3. The Kier molecular flexibility index (Phi) is 4.40. The first kappa shape index (κ1) is 14.1. The number of hydrogen-bond donors (Lipinski definition) is 2. The van der Waals surface area contributed by atoms with Crippen LogP contribution < -0.4 is 10.1 Å². The van der Waals surface area contributed by atoms with Crippen molar-refractivity contribution in [2.75, 3.05) is 12.4 Å². The number of carboxylic acids is 1. The molecular formula is C15H17NO4. The fourth-order valence-corrected chi connectivity index (χ4v) is 2.35. The number of nitrogens with one attached hydrogen (secondary N) is 1. The van der Waals surface area contributed by atoms with Gasteiger partial charge in [-0.15, -0.1) is 0 Å². The Labute approximate surface area is 117 Å². The highest BCUT2D eigenvalue weighted by Gasteiger charge is 2.34. The van der Waals surface area contributed by atoms with E-state index in [0.29, 0.717) is 24.3 Å². The van der Waals surface area contributed by atoms with E-state index in [1.165, 1.54) is 7.11 Å². The Morgan fingerprint density at radius 3 is 2.50 bits per heavy atom. The molecule has 0 heterocycles. The second-order valence-corrected chi connectivity index (χ2v) is 4.68. The Morgan fingerprint density at radius 1 is 1.20 bits per heavy atom. The van der Waals surface area contributed by atoms with Crippen molar-refractivity contribution in [3.8, 4) is 5.75 Å². The molecule has 5 nitrogen and oxygen atoms in total. The van der Waals surface area contributed by atoms with Crippen LogP contribution >= 0.6 is 0 Å². The van der Waals surface area contributed by atoms with Crippen molar-refractivity contribution < 1.29 is 19.4 Å². The molecule has 0 spiro atoms. The van der Waals surface area contributed by atoms with Gasteiger partial charge in [0, 0.05) is 0 Å². The fraction of sp³-hybridized carbons (Fsp3) is 0.333. The van der Waals surface area contributed by atoms with Crippen molar-refractivity contribution in [1.82, 2.24) is 0 Å². The molecule has 1 aliphatic carbocycles. The van der Waals surface area contributed by atoms with Gasteiger partial charge in [0.05, 0.1) is 24.6 Å². The van der Waals surface area contributed by atoms with Gasteiger partial charge in [0.1, 0.15) is 5.75 Å². The number of carbonyl (C=O) groups is 2. The molecule has 0 bridgehead atoms. The van der Waals surface area contributed by atoms with E-state index in [-0.39, 0.29) is 5.91 Å². The van der Waals surface area contributed by atoms with E-state index in [4.69, 9.17) is 4.74 Å². The average Bonchev–Trinajstić information content (AvgIpc) is 2.47. The van der Waals surface area contributed by atoms with Crippen LogP contribution in [0.1, 0.15) is 12.8 Å². The zero-order valence-corrected chi connectivity index (χ0v) is 11.2. The Bertz CT molecular complexity index is 538. The topological polar surface area (TPSA) is 75.6 Å². The van der Waals surface area contributed by atoms with Crippen molar-refractivity contribution in [1.29, 1.82) is 0 Å². The monoisotopic (exact) mass is 275 g/mol. The predicted octanol–water partition coefficient (Wildman–Crippen LogP) is 2.30. The molecule has 0 aliphatic heterocycles. The van der Waals surface area contributed by atoms with Crippen molar-refractivity contribution in [2.24, 2.45) is 11.8 Å². The zero-order valence-electron chi connectivity index (χ0n) is 11.2. The summed E-state index contributed by atoms with van der Waals surface area (Å²) < 4.78 is 5.16. The minimum Gasteiger partial charge on any atom is -0.495 e. The van der Waals surface area contributed by atoms with Crippen LogP contribution in [-0.4, -0.2) is 24.1 Å². The van der Waals surface area contributed by atoms with Gasteiger partial charge in [-0.05, 0) is 25.0 Å². The van der Waals surface area contributed by atoms with Gasteiger partial charge in [-0.3, -0.25) is 9.59 Å². The number of allylic oxidation sites excluding steroid dienone is 2. The summed E-state index contributed by atoms with van der Waals surface area (Å²) in [6.45, 7) is 0. The van der Waals surface area contributed by atoms with Crippen LogP contribution in [0, 0.1) is 11.8 Å². The summed E-state index contributed by atoms with van der Waals surface area (Å²) in [6.07, 6.45) is 4.49. The molecule has 106 valence electrons. The summed E-state index contributed by atoms with van der Waals surface area (Å²) in [4.78, 5) is 23.5. The third-order valence-corrected chi connectivity index (χ3v) is 3.45. The van der Waals surface area contributed by atoms with Gasteiger partial charge in [-0.2, -0.15) is 0 Å². The average molecular weight is 275 g/mol. The minimum absolute atomic E-state index is 0.286. The van der Waals surface area contributed by atoms with E-state index in [1.807, 2.05) is 12.2 Å².